The highest BCUT2D eigenvalue weighted by Crippen LogP contribution is 2.42. The standard InChI is InChI=1S/C26H24N2O3S/c29-25(27-16-20-9-6-14-31-20)19-12-13-24-22(15-19)28(17-18-7-2-1-3-8-18)26(30)21-10-4-5-11-23(21)32-24/h1-5,7-8,10-13,15,20H,6,9,14,16-17H2,(H,27,29). The Hall–Kier alpha value is -3.09. The Bertz CT molecular complexity index is 1140. The Labute approximate surface area is 191 Å². The number of nitrogens with one attached hydrogen (secondary N) is 1. The Balaban J connectivity index is 1.49. The lowest BCUT2D eigenvalue weighted by Crippen LogP contribution is -2.33. The van der Waals surface area contributed by atoms with E-state index in [4.69, 9.17) is 4.74 Å². The molecule has 3 aromatic carbocycles. The van der Waals surface area contributed by atoms with Crippen molar-refractivity contribution in [3.63, 3.8) is 0 Å². The van der Waals surface area contributed by atoms with Crippen molar-refractivity contribution >= 4 is 29.3 Å². The molecule has 162 valence electrons. The third-order valence-electron chi connectivity index (χ3n) is 5.79. The summed E-state index contributed by atoms with van der Waals surface area (Å²) in [6.07, 6.45) is 2.09. The number of nitrogens with zero attached hydrogens (tertiary/aromatic N) is 1. The summed E-state index contributed by atoms with van der Waals surface area (Å²) in [5.41, 5.74) is 3.00. The van der Waals surface area contributed by atoms with Gasteiger partial charge in [-0.3, -0.25) is 9.59 Å². The van der Waals surface area contributed by atoms with Gasteiger partial charge in [-0.15, -0.1) is 0 Å². The molecule has 0 radical (unpaired) electrons. The van der Waals surface area contributed by atoms with Crippen LogP contribution in [0.25, 0.3) is 0 Å². The molecule has 5 rings (SSSR count). The van der Waals surface area contributed by atoms with Crippen LogP contribution in [-0.4, -0.2) is 31.1 Å². The van der Waals surface area contributed by atoms with Gasteiger partial charge in [-0.2, -0.15) is 0 Å². The van der Waals surface area contributed by atoms with Gasteiger partial charge >= 0.3 is 0 Å². The first-order valence-electron chi connectivity index (χ1n) is 10.9. The van der Waals surface area contributed by atoms with E-state index in [0.29, 0.717) is 24.2 Å². The van der Waals surface area contributed by atoms with E-state index in [2.05, 4.69) is 5.32 Å². The molecule has 1 fully saturated rings. The van der Waals surface area contributed by atoms with Crippen molar-refractivity contribution in [1.82, 2.24) is 5.32 Å². The fraction of sp³-hybridized carbons (Fsp3) is 0.231. The van der Waals surface area contributed by atoms with E-state index in [9.17, 15) is 9.59 Å². The molecule has 1 unspecified atom stereocenters. The summed E-state index contributed by atoms with van der Waals surface area (Å²) in [6.45, 7) is 1.69. The van der Waals surface area contributed by atoms with Gasteiger partial charge in [-0.05, 0) is 48.7 Å². The first kappa shape index (κ1) is 20.8. The molecule has 1 saturated heterocycles. The van der Waals surface area contributed by atoms with Gasteiger partial charge in [0.05, 0.1) is 23.9 Å². The fourth-order valence-electron chi connectivity index (χ4n) is 4.10. The minimum absolute atomic E-state index is 0.0624. The maximum Gasteiger partial charge on any atom is 0.259 e. The molecule has 0 bridgehead atoms. The SMILES string of the molecule is O=C(NCC1CCCO1)c1ccc2c(c1)N(Cc1ccccc1)C(=O)c1ccccc1S2. The maximum atomic E-state index is 13.6. The van der Waals surface area contributed by atoms with Crippen LogP contribution in [0.4, 0.5) is 5.69 Å². The number of hydrogen-bond acceptors (Lipinski definition) is 4. The molecular formula is C26H24N2O3S. The second kappa shape index (κ2) is 9.18. The van der Waals surface area contributed by atoms with Crippen molar-refractivity contribution in [2.45, 2.75) is 35.3 Å². The highest BCUT2D eigenvalue weighted by atomic mass is 32.2. The summed E-state index contributed by atoms with van der Waals surface area (Å²) in [7, 11) is 0. The molecule has 1 N–H and O–H groups in total. The molecule has 5 nitrogen and oxygen atoms in total. The predicted octanol–water partition coefficient (Wildman–Crippen LogP) is 4.91. The molecule has 0 spiro atoms. The molecule has 2 aliphatic rings. The number of carbonyl (C=O) groups excluding carboxylic acids is 2. The lowest BCUT2D eigenvalue weighted by Gasteiger charge is -2.24. The van der Waals surface area contributed by atoms with E-state index < -0.39 is 0 Å². The average molecular weight is 445 g/mol. The molecule has 2 amide bonds. The van der Waals surface area contributed by atoms with Gasteiger partial charge in [0.1, 0.15) is 0 Å². The monoisotopic (exact) mass is 444 g/mol. The molecule has 2 aliphatic heterocycles. The number of hydrogen-bond donors (Lipinski definition) is 1. The number of fused-ring (bicyclic) bond motifs is 2. The number of carbonyl (C=O) groups is 2. The van der Waals surface area contributed by atoms with Gasteiger partial charge in [0.15, 0.2) is 0 Å². The second-order valence-corrected chi connectivity index (χ2v) is 9.09. The van der Waals surface area contributed by atoms with E-state index in [1.165, 1.54) is 0 Å². The predicted molar refractivity (Wildman–Crippen MR) is 125 cm³/mol. The van der Waals surface area contributed by atoms with Gasteiger partial charge in [0.25, 0.3) is 11.8 Å². The van der Waals surface area contributed by atoms with Crippen molar-refractivity contribution in [2.24, 2.45) is 0 Å². The zero-order valence-electron chi connectivity index (χ0n) is 17.6. The normalized spacial score (nSPS) is 17.4. The quantitative estimate of drug-likeness (QED) is 0.608. The van der Waals surface area contributed by atoms with Crippen molar-refractivity contribution in [1.29, 1.82) is 0 Å². The second-order valence-electron chi connectivity index (χ2n) is 8.00. The van der Waals surface area contributed by atoms with Crippen LogP contribution < -0.4 is 10.2 Å². The van der Waals surface area contributed by atoms with Crippen LogP contribution in [0.2, 0.25) is 0 Å². The Morgan fingerprint density at radius 3 is 2.66 bits per heavy atom. The molecule has 2 heterocycles. The Kier molecular flexibility index (Phi) is 5.97. The number of benzene rings is 3. The van der Waals surface area contributed by atoms with Crippen molar-refractivity contribution in [2.75, 3.05) is 18.1 Å². The van der Waals surface area contributed by atoms with E-state index in [1.54, 1.807) is 16.7 Å². The third kappa shape index (κ3) is 4.29. The summed E-state index contributed by atoms with van der Waals surface area (Å²) in [5.74, 6) is -0.213. The minimum Gasteiger partial charge on any atom is -0.376 e. The van der Waals surface area contributed by atoms with Crippen LogP contribution >= 0.6 is 11.8 Å². The van der Waals surface area contributed by atoms with Gasteiger partial charge in [0, 0.05) is 28.5 Å². The largest absolute Gasteiger partial charge is 0.376 e. The molecular weight excluding hydrogens is 420 g/mol. The Morgan fingerprint density at radius 2 is 1.84 bits per heavy atom. The van der Waals surface area contributed by atoms with Crippen LogP contribution in [0.5, 0.6) is 0 Å². The summed E-state index contributed by atoms with van der Waals surface area (Å²) in [6, 6.07) is 23.2. The Morgan fingerprint density at radius 1 is 1.03 bits per heavy atom. The van der Waals surface area contributed by atoms with Crippen LogP contribution in [0.15, 0.2) is 82.6 Å². The van der Waals surface area contributed by atoms with E-state index in [1.807, 2.05) is 72.8 Å². The van der Waals surface area contributed by atoms with Crippen molar-refractivity contribution < 1.29 is 14.3 Å². The first-order chi connectivity index (χ1) is 15.7. The van der Waals surface area contributed by atoms with Gasteiger partial charge < -0.3 is 15.0 Å². The highest BCUT2D eigenvalue weighted by Gasteiger charge is 2.28. The molecule has 1 atom stereocenters. The molecule has 0 aliphatic carbocycles. The van der Waals surface area contributed by atoms with E-state index in [0.717, 1.165) is 40.5 Å². The molecule has 6 heteroatoms. The number of ether oxygens (including phenoxy) is 1. The number of amides is 2. The van der Waals surface area contributed by atoms with Crippen LogP contribution in [0, 0.1) is 0 Å². The number of rotatable bonds is 5. The molecule has 32 heavy (non-hydrogen) atoms. The maximum absolute atomic E-state index is 13.6. The lowest BCUT2D eigenvalue weighted by atomic mass is 10.1. The molecule has 3 aromatic rings. The third-order valence-corrected chi connectivity index (χ3v) is 6.93. The highest BCUT2D eigenvalue weighted by molar-refractivity contribution is 7.99. The molecule has 0 aromatic heterocycles. The van der Waals surface area contributed by atoms with Gasteiger partial charge in [0.2, 0.25) is 0 Å². The van der Waals surface area contributed by atoms with Crippen LogP contribution in [-0.2, 0) is 11.3 Å². The average Bonchev–Trinajstić information content (AvgIpc) is 3.32. The van der Waals surface area contributed by atoms with Crippen LogP contribution in [0.1, 0.15) is 39.1 Å². The summed E-state index contributed by atoms with van der Waals surface area (Å²) < 4.78 is 5.61. The summed E-state index contributed by atoms with van der Waals surface area (Å²) in [4.78, 5) is 30.1. The van der Waals surface area contributed by atoms with Gasteiger partial charge in [-0.25, -0.2) is 0 Å². The topological polar surface area (TPSA) is 58.6 Å². The van der Waals surface area contributed by atoms with Crippen LogP contribution in [0.3, 0.4) is 0 Å². The lowest BCUT2D eigenvalue weighted by molar-refractivity contribution is 0.0857. The summed E-state index contributed by atoms with van der Waals surface area (Å²) >= 11 is 1.56. The molecule has 0 saturated carbocycles. The fourth-order valence-corrected chi connectivity index (χ4v) is 5.16. The van der Waals surface area contributed by atoms with E-state index in [-0.39, 0.29) is 17.9 Å². The zero-order chi connectivity index (χ0) is 21.9. The smallest absolute Gasteiger partial charge is 0.259 e. The summed E-state index contributed by atoms with van der Waals surface area (Å²) in [5, 5.41) is 2.98. The van der Waals surface area contributed by atoms with Crippen molar-refractivity contribution in [3.8, 4) is 0 Å². The van der Waals surface area contributed by atoms with Gasteiger partial charge in [-0.1, -0.05) is 54.2 Å². The minimum atomic E-state index is -0.151. The first-order valence-corrected chi connectivity index (χ1v) is 11.7. The number of anilines is 1. The van der Waals surface area contributed by atoms with E-state index >= 15 is 0 Å². The van der Waals surface area contributed by atoms with Crippen molar-refractivity contribution in [3.05, 3.63) is 89.5 Å². The zero-order valence-corrected chi connectivity index (χ0v) is 18.4.